The quantitative estimate of drug-likeness (QED) is 0.573. The van der Waals surface area contributed by atoms with Crippen LogP contribution in [-0.2, 0) is 0 Å². The molecule has 0 aromatic rings. The van der Waals surface area contributed by atoms with Crippen molar-refractivity contribution in [2.24, 2.45) is 15.2 Å². The predicted molar refractivity (Wildman–Crippen MR) is 43.4 cm³/mol. The average Bonchev–Trinajstić information content (AvgIpc) is 2.37. The molecule has 0 saturated heterocycles. The van der Waals surface area contributed by atoms with Crippen molar-refractivity contribution >= 4 is 11.8 Å². The summed E-state index contributed by atoms with van der Waals surface area (Å²) < 4.78 is 0. The van der Waals surface area contributed by atoms with Crippen molar-refractivity contribution < 1.29 is 5.41 Å². The lowest BCUT2D eigenvalue weighted by Crippen LogP contribution is -2.36. The summed E-state index contributed by atoms with van der Waals surface area (Å²) in [5.41, 5.74) is 0. The molecule has 1 heterocycles. The molecule has 0 saturated carbocycles. The standard InChI is InChI=1S/C7H12N4/c1-2-3-4-5-6-9-7(8)11-10-6/h8H,2-5H2,1H3/p+1. The van der Waals surface area contributed by atoms with Gasteiger partial charge in [0.15, 0.2) is 0 Å². The van der Waals surface area contributed by atoms with E-state index in [2.05, 4.69) is 22.1 Å². The number of aliphatic imine (C=N–C) groups is 1. The molecule has 0 atom stereocenters. The number of guanidine groups is 1. The minimum absolute atomic E-state index is 0.288. The number of nitrogens with zero attached hydrogens (tertiary/aromatic N) is 3. The molecule has 1 aliphatic rings. The van der Waals surface area contributed by atoms with Crippen LogP contribution in [0.2, 0.25) is 0 Å². The molecule has 1 aliphatic heterocycles. The Bertz CT molecular complexity index is 204. The van der Waals surface area contributed by atoms with Gasteiger partial charge >= 0.3 is 5.96 Å². The summed E-state index contributed by atoms with van der Waals surface area (Å²) in [4.78, 5) is 3.94. The lowest BCUT2D eigenvalue weighted by molar-refractivity contribution is -0.116. The molecule has 0 unspecified atom stereocenters. The van der Waals surface area contributed by atoms with Gasteiger partial charge < -0.3 is 0 Å². The largest absolute Gasteiger partial charge is 0.448 e. The molecule has 0 aromatic carbocycles. The summed E-state index contributed by atoms with van der Waals surface area (Å²) in [6.45, 7) is 2.17. The molecule has 0 aliphatic carbocycles. The van der Waals surface area contributed by atoms with E-state index in [-0.39, 0.29) is 5.96 Å². The van der Waals surface area contributed by atoms with Crippen molar-refractivity contribution in [3.8, 4) is 0 Å². The molecule has 0 amide bonds. The van der Waals surface area contributed by atoms with E-state index in [1.54, 1.807) is 0 Å². The van der Waals surface area contributed by atoms with E-state index < -0.39 is 0 Å². The van der Waals surface area contributed by atoms with E-state index in [4.69, 9.17) is 5.41 Å². The van der Waals surface area contributed by atoms with Crippen LogP contribution in [-0.4, -0.2) is 11.8 Å². The number of unbranched alkanes of at least 4 members (excludes halogenated alkanes) is 2. The lowest BCUT2D eigenvalue weighted by atomic mass is 10.2. The minimum Gasteiger partial charge on any atom is -0.283 e. The third-order valence-electron chi connectivity index (χ3n) is 1.52. The highest BCUT2D eigenvalue weighted by Gasteiger charge is 2.15. The van der Waals surface area contributed by atoms with Gasteiger partial charge in [-0.05, 0) is 16.5 Å². The summed E-state index contributed by atoms with van der Waals surface area (Å²) in [7, 11) is 0. The molecule has 0 aromatic heterocycles. The molecule has 4 heteroatoms. The number of nitrogens with two attached hydrogens (primary N) is 1. The van der Waals surface area contributed by atoms with Crippen molar-refractivity contribution in [1.82, 2.24) is 0 Å². The smallest absolute Gasteiger partial charge is 0.283 e. The van der Waals surface area contributed by atoms with Crippen LogP contribution in [0.15, 0.2) is 15.2 Å². The highest BCUT2D eigenvalue weighted by atomic mass is 15.3. The Hall–Kier alpha value is -1.06. The molecule has 1 rings (SSSR count). The monoisotopic (exact) mass is 153 g/mol. The van der Waals surface area contributed by atoms with Gasteiger partial charge in [0, 0.05) is 6.42 Å². The first-order valence-corrected chi connectivity index (χ1v) is 3.94. The highest BCUT2D eigenvalue weighted by molar-refractivity contribution is 5.98. The van der Waals surface area contributed by atoms with E-state index in [0.717, 1.165) is 18.7 Å². The second-order valence-electron chi connectivity index (χ2n) is 2.54. The topological polar surface area (TPSA) is 62.7 Å². The van der Waals surface area contributed by atoms with Crippen LogP contribution in [0.1, 0.15) is 32.6 Å². The fourth-order valence-corrected chi connectivity index (χ4v) is 0.925. The summed E-state index contributed by atoms with van der Waals surface area (Å²) in [6, 6.07) is 0. The van der Waals surface area contributed by atoms with Crippen molar-refractivity contribution in [1.29, 1.82) is 0 Å². The van der Waals surface area contributed by atoms with Gasteiger partial charge in [0.05, 0.1) is 5.11 Å². The Balaban J connectivity index is 2.23. The van der Waals surface area contributed by atoms with Crippen LogP contribution in [0.25, 0.3) is 0 Å². The number of hydrogen-bond donors (Lipinski definition) is 1. The first-order valence-electron chi connectivity index (χ1n) is 3.94. The zero-order valence-corrected chi connectivity index (χ0v) is 6.75. The maximum Gasteiger partial charge on any atom is 0.448 e. The summed E-state index contributed by atoms with van der Waals surface area (Å²) in [6.07, 6.45) is 4.46. The van der Waals surface area contributed by atoms with Crippen molar-refractivity contribution in [3.63, 3.8) is 0 Å². The van der Waals surface area contributed by atoms with E-state index in [1.165, 1.54) is 12.8 Å². The van der Waals surface area contributed by atoms with Crippen molar-refractivity contribution in [2.75, 3.05) is 0 Å². The van der Waals surface area contributed by atoms with Crippen molar-refractivity contribution in [3.05, 3.63) is 0 Å². The Morgan fingerprint density at radius 3 is 2.64 bits per heavy atom. The first-order chi connectivity index (χ1) is 5.33. The molecule has 0 radical (unpaired) electrons. The maximum absolute atomic E-state index is 5.30. The summed E-state index contributed by atoms with van der Waals surface area (Å²) in [5.74, 6) is 1.06. The van der Waals surface area contributed by atoms with Gasteiger partial charge in [-0.25, -0.2) is 0 Å². The molecular formula is C7H13N4+. The molecule has 0 fully saturated rings. The van der Waals surface area contributed by atoms with Crippen LogP contribution in [0, 0.1) is 0 Å². The van der Waals surface area contributed by atoms with Gasteiger partial charge in [-0.2, -0.15) is 0 Å². The average molecular weight is 153 g/mol. The third kappa shape index (κ3) is 2.57. The molecule has 0 bridgehead atoms. The second kappa shape index (κ2) is 3.95. The fourth-order valence-electron chi connectivity index (χ4n) is 0.925. The SMILES string of the molecule is CCCCCC1=NC(=[NH2+])N=N1. The summed E-state index contributed by atoms with van der Waals surface area (Å²) >= 11 is 0. The minimum atomic E-state index is 0.288. The van der Waals surface area contributed by atoms with E-state index in [9.17, 15) is 0 Å². The van der Waals surface area contributed by atoms with Gasteiger partial charge in [-0.3, -0.25) is 5.41 Å². The molecular weight excluding hydrogens is 140 g/mol. The lowest BCUT2D eigenvalue weighted by Gasteiger charge is -1.89. The number of azo groups is 1. The van der Waals surface area contributed by atoms with Crippen LogP contribution < -0.4 is 5.41 Å². The molecule has 60 valence electrons. The number of hydrogen-bond acceptors (Lipinski definition) is 1. The van der Waals surface area contributed by atoms with Crippen molar-refractivity contribution in [2.45, 2.75) is 32.6 Å². The Morgan fingerprint density at radius 2 is 2.09 bits per heavy atom. The molecule has 2 N–H and O–H groups in total. The Labute approximate surface area is 66.0 Å². The Kier molecular flexibility index (Phi) is 2.89. The van der Waals surface area contributed by atoms with Gasteiger partial charge in [-0.15, -0.1) is 0 Å². The normalized spacial score (nSPS) is 15.7. The van der Waals surface area contributed by atoms with Gasteiger partial charge in [0.25, 0.3) is 0 Å². The van der Waals surface area contributed by atoms with E-state index in [1.807, 2.05) is 0 Å². The van der Waals surface area contributed by atoms with E-state index >= 15 is 0 Å². The zero-order chi connectivity index (χ0) is 8.10. The molecule has 4 nitrogen and oxygen atoms in total. The highest BCUT2D eigenvalue weighted by Crippen LogP contribution is 2.05. The first kappa shape index (κ1) is 8.04. The number of rotatable bonds is 4. The second-order valence-corrected chi connectivity index (χ2v) is 2.54. The predicted octanol–water partition coefficient (Wildman–Crippen LogP) is 0.546. The van der Waals surface area contributed by atoms with Crippen LogP contribution in [0.4, 0.5) is 0 Å². The zero-order valence-electron chi connectivity index (χ0n) is 6.75. The van der Waals surface area contributed by atoms with E-state index in [0.29, 0.717) is 0 Å². The third-order valence-corrected chi connectivity index (χ3v) is 1.52. The maximum atomic E-state index is 5.30. The van der Waals surface area contributed by atoms with Gasteiger partial charge in [0.1, 0.15) is 0 Å². The molecule has 0 spiro atoms. The fraction of sp³-hybridized carbons (Fsp3) is 0.714. The van der Waals surface area contributed by atoms with Gasteiger partial charge in [0.2, 0.25) is 5.84 Å². The van der Waals surface area contributed by atoms with Crippen LogP contribution >= 0.6 is 0 Å². The number of amidine groups is 1. The van der Waals surface area contributed by atoms with Gasteiger partial charge in [-0.1, -0.05) is 19.8 Å². The molecule has 11 heavy (non-hydrogen) atoms. The van der Waals surface area contributed by atoms with Crippen LogP contribution in [0.5, 0.6) is 0 Å². The Morgan fingerprint density at radius 1 is 1.27 bits per heavy atom. The summed E-state index contributed by atoms with van der Waals surface area (Å²) in [5, 5.41) is 12.7. The van der Waals surface area contributed by atoms with Crippen LogP contribution in [0.3, 0.4) is 0 Å².